The van der Waals surface area contributed by atoms with Crippen molar-refractivity contribution in [3.63, 3.8) is 0 Å². The normalized spacial score (nSPS) is 12.8. The highest BCUT2D eigenvalue weighted by Crippen LogP contribution is 2.27. The highest BCUT2D eigenvalue weighted by Gasteiger charge is 2.11. The van der Waals surface area contributed by atoms with E-state index in [-0.39, 0.29) is 5.91 Å². The minimum absolute atomic E-state index is 0.00116. The maximum Gasteiger partial charge on any atom is 0.234 e. The van der Waals surface area contributed by atoms with Crippen LogP contribution in [0.4, 0.5) is 5.69 Å². The molecule has 0 unspecified atom stereocenters. The summed E-state index contributed by atoms with van der Waals surface area (Å²) in [4.78, 5) is 13.2. The van der Waals surface area contributed by atoms with Crippen LogP contribution in [-0.2, 0) is 17.6 Å². The second-order valence-corrected chi connectivity index (χ2v) is 6.40. The average Bonchev–Trinajstić information content (AvgIpc) is 3.00. The van der Waals surface area contributed by atoms with Gasteiger partial charge in [-0.25, -0.2) is 0 Å². The number of aryl methyl sites for hydroxylation is 2. The number of hydrogen-bond acceptors (Lipinski definition) is 3. The van der Waals surface area contributed by atoms with Crippen LogP contribution in [0.1, 0.15) is 17.5 Å². The quantitative estimate of drug-likeness (QED) is 0.850. The van der Waals surface area contributed by atoms with E-state index in [0.29, 0.717) is 5.75 Å². The molecular formula is C18H19NO2S. The third kappa shape index (κ3) is 3.63. The van der Waals surface area contributed by atoms with E-state index in [0.717, 1.165) is 11.4 Å². The van der Waals surface area contributed by atoms with Crippen molar-refractivity contribution in [2.45, 2.75) is 24.2 Å². The first-order valence-corrected chi connectivity index (χ1v) is 8.41. The molecule has 2 aromatic carbocycles. The minimum Gasteiger partial charge on any atom is -0.497 e. The molecule has 22 heavy (non-hydrogen) atoms. The van der Waals surface area contributed by atoms with Gasteiger partial charge in [-0.2, -0.15) is 0 Å². The van der Waals surface area contributed by atoms with Crippen molar-refractivity contribution in [3.8, 4) is 5.75 Å². The molecule has 0 heterocycles. The molecule has 1 amide bonds. The highest BCUT2D eigenvalue weighted by atomic mass is 32.2. The van der Waals surface area contributed by atoms with Crippen molar-refractivity contribution in [2.24, 2.45) is 0 Å². The molecule has 1 aliphatic rings. The van der Waals surface area contributed by atoms with Crippen molar-refractivity contribution in [2.75, 3.05) is 18.2 Å². The lowest BCUT2D eigenvalue weighted by Gasteiger charge is -2.08. The molecule has 0 spiro atoms. The Morgan fingerprint density at radius 2 is 2.05 bits per heavy atom. The van der Waals surface area contributed by atoms with Crippen LogP contribution in [0.25, 0.3) is 0 Å². The molecule has 0 fully saturated rings. The number of ether oxygens (including phenoxy) is 1. The molecular weight excluding hydrogens is 294 g/mol. The Morgan fingerprint density at radius 3 is 2.91 bits per heavy atom. The maximum atomic E-state index is 12.0. The van der Waals surface area contributed by atoms with Gasteiger partial charge >= 0.3 is 0 Å². The van der Waals surface area contributed by atoms with Gasteiger partial charge in [-0.15, -0.1) is 11.8 Å². The van der Waals surface area contributed by atoms with Crippen LogP contribution < -0.4 is 10.1 Å². The Morgan fingerprint density at radius 1 is 1.18 bits per heavy atom. The second-order valence-electron chi connectivity index (χ2n) is 5.35. The molecule has 1 N–H and O–H groups in total. The third-order valence-electron chi connectivity index (χ3n) is 3.79. The molecule has 4 heteroatoms. The highest BCUT2D eigenvalue weighted by molar-refractivity contribution is 8.00. The molecule has 0 radical (unpaired) electrons. The van der Waals surface area contributed by atoms with Gasteiger partial charge in [-0.3, -0.25) is 4.79 Å². The number of carbonyl (C=O) groups is 1. The molecule has 0 bridgehead atoms. The van der Waals surface area contributed by atoms with Gasteiger partial charge in [0.2, 0.25) is 5.91 Å². The van der Waals surface area contributed by atoms with Crippen molar-refractivity contribution >= 4 is 23.4 Å². The van der Waals surface area contributed by atoms with Gasteiger partial charge in [-0.05, 0) is 54.7 Å². The van der Waals surface area contributed by atoms with Crippen LogP contribution in [0.2, 0.25) is 0 Å². The number of rotatable bonds is 5. The largest absolute Gasteiger partial charge is 0.497 e. The maximum absolute atomic E-state index is 12.0. The number of benzene rings is 2. The zero-order valence-corrected chi connectivity index (χ0v) is 13.4. The van der Waals surface area contributed by atoms with Gasteiger partial charge in [0.25, 0.3) is 0 Å². The summed E-state index contributed by atoms with van der Waals surface area (Å²) in [6.45, 7) is 0. The molecule has 0 saturated carbocycles. The van der Waals surface area contributed by atoms with Crippen molar-refractivity contribution in [3.05, 3.63) is 53.6 Å². The fourth-order valence-corrected chi connectivity index (χ4v) is 3.44. The van der Waals surface area contributed by atoms with E-state index in [1.54, 1.807) is 18.9 Å². The number of thioether (sulfide) groups is 1. The van der Waals surface area contributed by atoms with Gasteiger partial charge in [0.05, 0.1) is 12.9 Å². The topological polar surface area (TPSA) is 38.3 Å². The number of nitrogens with one attached hydrogen (secondary N) is 1. The first-order valence-electron chi connectivity index (χ1n) is 7.43. The Labute approximate surface area is 135 Å². The van der Waals surface area contributed by atoms with Crippen molar-refractivity contribution in [1.82, 2.24) is 0 Å². The van der Waals surface area contributed by atoms with E-state index in [2.05, 4.69) is 23.5 Å². The van der Waals surface area contributed by atoms with Gasteiger partial charge in [0.15, 0.2) is 0 Å². The number of hydrogen-bond donors (Lipinski definition) is 1. The van der Waals surface area contributed by atoms with E-state index < -0.39 is 0 Å². The molecule has 114 valence electrons. The first-order chi connectivity index (χ1) is 10.7. The van der Waals surface area contributed by atoms with Crippen molar-refractivity contribution < 1.29 is 9.53 Å². The third-order valence-corrected chi connectivity index (χ3v) is 4.79. The number of amides is 1. The van der Waals surface area contributed by atoms with Gasteiger partial charge < -0.3 is 10.1 Å². The summed E-state index contributed by atoms with van der Waals surface area (Å²) >= 11 is 1.58. The lowest BCUT2D eigenvalue weighted by atomic mass is 10.1. The summed E-state index contributed by atoms with van der Waals surface area (Å²) < 4.78 is 5.15. The smallest absolute Gasteiger partial charge is 0.234 e. The predicted molar refractivity (Wildman–Crippen MR) is 90.8 cm³/mol. The summed E-state index contributed by atoms with van der Waals surface area (Å²) in [5.74, 6) is 1.15. The second kappa shape index (κ2) is 6.88. The minimum atomic E-state index is -0.00116. The van der Waals surface area contributed by atoms with E-state index in [1.165, 1.54) is 35.3 Å². The summed E-state index contributed by atoms with van der Waals surface area (Å²) in [6.07, 6.45) is 3.61. The van der Waals surface area contributed by atoms with E-state index in [1.807, 2.05) is 24.3 Å². The van der Waals surface area contributed by atoms with Crippen LogP contribution in [0.5, 0.6) is 5.75 Å². The van der Waals surface area contributed by atoms with Crippen LogP contribution >= 0.6 is 11.8 Å². The zero-order valence-electron chi connectivity index (χ0n) is 12.6. The average molecular weight is 313 g/mol. The Balaban J connectivity index is 1.56. The lowest BCUT2D eigenvalue weighted by molar-refractivity contribution is -0.113. The summed E-state index contributed by atoms with van der Waals surface area (Å²) in [5, 5.41) is 2.90. The van der Waals surface area contributed by atoms with Crippen LogP contribution in [0.15, 0.2) is 47.4 Å². The number of methoxy groups -OCH3 is 1. The predicted octanol–water partition coefficient (Wildman–Crippen LogP) is 3.91. The molecule has 0 aromatic heterocycles. The molecule has 1 aliphatic carbocycles. The molecule has 0 saturated heterocycles. The van der Waals surface area contributed by atoms with E-state index in [4.69, 9.17) is 4.74 Å². The van der Waals surface area contributed by atoms with Crippen LogP contribution in [-0.4, -0.2) is 18.8 Å². The number of carbonyl (C=O) groups excluding carboxylic acids is 1. The zero-order chi connectivity index (χ0) is 15.4. The van der Waals surface area contributed by atoms with E-state index >= 15 is 0 Å². The molecule has 0 atom stereocenters. The SMILES string of the molecule is COc1cccc(NC(=O)CSc2ccc3c(c2)CCC3)c1. The molecule has 2 aromatic rings. The molecule has 3 nitrogen and oxygen atoms in total. The van der Waals surface area contributed by atoms with Crippen LogP contribution in [0, 0.1) is 0 Å². The standard InChI is InChI=1S/C18H19NO2S/c1-21-16-7-3-6-15(11-16)19-18(20)12-22-17-9-8-13-4-2-5-14(13)10-17/h3,6-11H,2,4-5,12H2,1H3,(H,19,20). The fraction of sp³-hybridized carbons (Fsp3) is 0.278. The van der Waals surface area contributed by atoms with Gasteiger partial charge in [0.1, 0.15) is 5.75 Å². The van der Waals surface area contributed by atoms with Gasteiger partial charge in [0, 0.05) is 16.6 Å². The van der Waals surface area contributed by atoms with Gasteiger partial charge in [-0.1, -0.05) is 12.1 Å². The molecule has 3 rings (SSSR count). The van der Waals surface area contributed by atoms with Crippen molar-refractivity contribution in [1.29, 1.82) is 0 Å². The Bertz CT molecular complexity index is 685. The lowest BCUT2D eigenvalue weighted by Crippen LogP contribution is -2.13. The fourth-order valence-electron chi connectivity index (χ4n) is 2.68. The summed E-state index contributed by atoms with van der Waals surface area (Å²) in [6, 6.07) is 13.9. The Hall–Kier alpha value is -1.94. The Kier molecular flexibility index (Phi) is 4.68. The van der Waals surface area contributed by atoms with Crippen LogP contribution in [0.3, 0.4) is 0 Å². The monoisotopic (exact) mass is 313 g/mol. The first kappa shape index (κ1) is 15.0. The molecule has 0 aliphatic heterocycles. The van der Waals surface area contributed by atoms with E-state index in [9.17, 15) is 4.79 Å². The summed E-state index contributed by atoms with van der Waals surface area (Å²) in [5.41, 5.74) is 3.67. The number of anilines is 1. The number of fused-ring (bicyclic) bond motifs is 1. The summed E-state index contributed by atoms with van der Waals surface area (Å²) in [7, 11) is 1.62.